The summed E-state index contributed by atoms with van der Waals surface area (Å²) >= 11 is 0. The first-order chi connectivity index (χ1) is 17.0. The number of aliphatic carboxylic acids is 2. The number of carbonyl (C=O) groups excluding carboxylic acids is 3. The zero-order valence-corrected chi connectivity index (χ0v) is 20.6. The highest BCUT2D eigenvalue weighted by Gasteiger charge is 2.32. The summed E-state index contributed by atoms with van der Waals surface area (Å²) in [6, 6.07) is 3.89. The van der Waals surface area contributed by atoms with Crippen molar-refractivity contribution in [1.29, 1.82) is 0 Å². The smallest absolute Gasteiger partial charge is 0.326 e. The Bertz CT molecular complexity index is 894. The van der Waals surface area contributed by atoms with Gasteiger partial charge in [-0.25, -0.2) is 4.79 Å². The Morgan fingerprint density at radius 2 is 1.39 bits per heavy atom. The third kappa shape index (κ3) is 10.8. The van der Waals surface area contributed by atoms with Gasteiger partial charge in [-0.1, -0.05) is 44.2 Å². The van der Waals surface area contributed by atoms with Gasteiger partial charge >= 0.3 is 11.9 Å². The highest BCUT2D eigenvalue weighted by atomic mass is 16.4. The van der Waals surface area contributed by atoms with E-state index in [2.05, 4.69) is 16.0 Å². The molecule has 0 spiro atoms. The summed E-state index contributed by atoms with van der Waals surface area (Å²) in [5.41, 5.74) is 12.0. The van der Waals surface area contributed by atoms with Crippen molar-refractivity contribution in [3.05, 3.63) is 35.9 Å². The van der Waals surface area contributed by atoms with Crippen LogP contribution in [0.2, 0.25) is 0 Å². The molecule has 36 heavy (non-hydrogen) atoms. The molecule has 0 fully saturated rings. The molecule has 0 saturated heterocycles. The number of nitrogens with two attached hydrogens (primary N) is 2. The van der Waals surface area contributed by atoms with Crippen LogP contribution >= 0.6 is 0 Å². The van der Waals surface area contributed by atoms with E-state index in [-0.39, 0.29) is 18.8 Å². The summed E-state index contributed by atoms with van der Waals surface area (Å²) < 4.78 is 0. The lowest BCUT2D eigenvalue weighted by molar-refractivity contribution is -0.143. The monoisotopic (exact) mass is 507 g/mol. The van der Waals surface area contributed by atoms with E-state index in [1.165, 1.54) is 0 Å². The van der Waals surface area contributed by atoms with E-state index in [0.717, 1.165) is 0 Å². The molecule has 4 atom stereocenters. The second-order valence-electron chi connectivity index (χ2n) is 8.86. The molecule has 0 heterocycles. The number of hydrogen-bond acceptors (Lipinski definition) is 7. The van der Waals surface area contributed by atoms with Crippen molar-refractivity contribution in [3.63, 3.8) is 0 Å². The molecule has 0 aromatic heterocycles. The normalized spacial score (nSPS) is 14.2. The van der Waals surface area contributed by atoms with Crippen molar-refractivity contribution in [2.75, 3.05) is 6.54 Å². The molecule has 1 rings (SSSR count). The molecule has 0 aliphatic heterocycles. The first-order valence-electron chi connectivity index (χ1n) is 11.8. The van der Waals surface area contributed by atoms with E-state index in [1.807, 2.05) is 0 Å². The molecule has 12 heteroatoms. The Hall–Kier alpha value is -3.51. The molecular weight excluding hydrogens is 470 g/mol. The molecule has 12 nitrogen and oxygen atoms in total. The third-order valence-corrected chi connectivity index (χ3v) is 5.51. The minimum absolute atomic E-state index is 0.0570. The van der Waals surface area contributed by atoms with Gasteiger partial charge in [-0.15, -0.1) is 0 Å². The second-order valence-corrected chi connectivity index (χ2v) is 8.86. The van der Waals surface area contributed by atoms with Gasteiger partial charge in [0.1, 0.15) is 18.1 Å². The van der Waals surface area contributed by atoms with E-state index in [4.69, 9.17) is 11.5 Å². The molecule has 0 radical (unpaired) electrons. The number of nitrogens with one attached hydrogen (secondary N) is 3. The maximum absolute atomic E-state index is 13.1. The number of hydrogen-bond donors (Lipinski definition) is 7. The highest BCUT2D eigenvalue weighted by molar-refractivity contribution is 5.95. The lowest BCUT2D eigenvalue weighted by Gasteiger charge is -2.25. The average Bonchev–Trinajstić information content (AvgIpc) is 2.82. The Kier molecular flexibility index (Phi) is 13.1. The lowest BCUT2D eigenvalue weighted by Crippen LogP contribution is -2.58. The van der Waals surface area contributed by atoms with Crippen molar-refractivity contribution in [1.82, 2.24) is 16.0 Å². The zero-order valence-electron chi connectivity index (χ0n) is 20.6. The maximum atomic E-state index is 13.1. The van der Waals surface area contributed by atoms with Crippen LogP contribution in [0.25, 0.3) is 0 Å². The molecule has 0 aliphatic carbocycles. The molecule has 200 valence electrons. The van der Waals surface area contributed by atoms with E-state index in [0.29, 0.717) is 24.9 Å². The van der Waals surface area contributed by atoms with Crippen LogP contribution in [0.1, 0.15) is 45.1 Å². The number of benzene rings is 1. The summed E-state index contributed by atoms with van der Waals surface area (Å²) in [5.74, 6) is -5.22. The Balaban J connectivity index is 3.07. The predicted octanol–water partition coefficient (Wildman–Crippen LogP) is -0.645. The van der Waals surface area contributed by atoms with Crippen LogP contribution in [0.4, 0.5) is 0 Å². The number of rotatable bonds is 16. The summed E-state index contributed by atoms with van der Waals surface area (Å²) in [6.45, 7) is 3.85. The Morgan fingerprint density at radius 1 is 0.833 bits per heavy atom. The van der Waals surface area contributed by atoms with E-state index in [9.17, 15) is 34.2 Å². The lowest BCUT2D eigenvalue weighted by atomic mass is 10.0. The zero-order chi connectivity index (χ0) is 27.3. The topological polar surface area (TPSA) is 214 Å². The summed E-state index contributed by atoms with van der Waals surface area (Å²) in [7, 11) is 0. The van der Waals surface area contributed by atoms with Crippen molar-refractivity contribution in [3.8, 4) is 0 Å². The van der Waals surface area contributed by atoms with Crippen LogP contribution in [0.3, 0.4) is 0 Å². The third-order valence-electron chi connectivity index (χ3n) is 5.51. The largest absolute Gasteiger partial charge is 0.481 e. The van der Waals surface area contributed by atoms with Gasteiger partial charge < -0.3 is 37.6 Å². The van der Waals surface area contributed by atoms with Crippen molar-refractivity contribution in [2.45, 2.75) is 70.1 Å². The number of carbonyl (C=O) groups is 5. The maximum Gasteiger partial charge on any atom is 0.326 e. The SMILES string of the molecule is CC(C)C(N)C(=O)NC(Cc1ccccc1)C(=O)NC(CC(=O)O)C(=O)NC(CCCCN)C(=O)O. The first kappa shape index (κ1) is 30.5. The molecule has 1 aromatic rings. The molecule has 4 unspecified atom stereocenters. The number of carboxylic acids is 2. The van der Waals surface area contributed by atoms with Crippen LogP contribution in [0.5, 0.6) is 0 Å². The van der Waals surface area contributed by atoms with E-state index < -0.39 is 60.2 Å². The fraction of sp³-hybridized carbons (Fsp3) is 0.542. The molecule has 9 N–H and O–H groups in total. The van der Waals surface area contributed by atoms with Gasteiger partial charge in [0.25, 0.3) is 0 Å². The first-order valence-corrected chi connectivity index (χ1v) is 11.8. The van der Waals surface area contributed by atoms with Crippen LogP contribution in [0.15, 0.2) is 30.3 Å². The van der Waals surface area contributed by atoms with Crippen LogP contribution in [-0.2, 0) is 30.4 Å². The van der Waals surface area contributed by atoms with Gasteiger partial charge in [0.15, 0.2) is 0 Å². The fourth-order valence-electron chi connectivity index (χ4n) is 3.31. The van der Waals surface area contributed by atoms with Gasteiger partial charge in [-0.05, 0) is 37.3 Å². The molecule has 1 aromatic carbocycles. The summed E-state index contributed by atoms with van der Waals surface area (Å²) in [4.78, 5) is 61.4. The number of carboxylic acid groups (broad SMARTS) is 2. The Labute approximate surface area is 210 Å². The molecule has 0 saturated carbocycles. The number of amides is 3. The van der Waals surface area contributed by atoms with Gasteiger partial charge in [0, 0.05) is 6.42 Å². The molecule has 0 bridgehead atoms. The quantitative estimate of drug-likeness (QED) is 0.141. The molecule has 0 aliphatic rings. The van der Waals surface area contributed by atoms with Crippen LogP contribution < -0.4 is 27.4 Å². The minimum Gasteiger partial charge on any atom is -0.481 e. The summed E-state index contributed by atoms with van der Waals surface area (Å²) in [6.07, 6.45) is 0.344. The van der Waals surface area contributed by atoms with Crippen molar-refractivity contribution < 1.29 is 34.2 Å². The van der Waals surface area contributed by atoms with Crippen molar-refractivity contribution >= 4 is 29.7 Å². The van der Waals surface area contributed by atoms with Gasteiger partial charge in [0.2, 0.25) is 17.7 Å². The molecule has 3 amide bonds. The standard InChI is InChI=1S/C24H37N5O7/c1-14(2)20(26)23(34)29-17(12-15-8-4-3-5-9-15)21(32)28-18(13-19(30)31)22(33)27-16(24(35)36)10-6-7-11-25/h3-5,8-9,14,16-18,20H,6-7,10-13,25-26H2,1-2H3,(H,27,33)(H,28,32)(H,29,34)(H,30,31)(H,35,36). The predicted molar refractivity (Wildman–Crippen MR) is 132 cm³/mol. The van der Waals surface area contributed by atoms with E-state index >= 15 is 0 Å². The minimum atomic E-state index is -1.57. The second kappa shape index (κ2) is 15.5. The van der Waals surface area contributed by atoms with Gasteiger partial charge in [-0.2, -0.15) is 0 Å². The molecular formula is C24H37N5O7. The highest BCUT2D eigenvalue weighted by Crippen LogP contribution is 2.08. The van der Waals surface area contributed by atoms with Gasteiger partial charge in [0.05, 0.1) is 12.5 Å². The Morgan fingerprint density at radius 3 is 1.92 bits per heavy atom. The fourth-order valence-corrected chi connectivity index (χ4v) is 3.31. The van der Waals surface area contributed by atoms with Crippen LogP contribution in [-0.4, -0.2) is 70.6 Å². The average molecular weight is 508 g/mol. The van der Waals surface area contributed by atoms with E-state index in [1.54, 1.807) is 44.2 Å². The van der Waals surface area contributed by atoms with Crippen LogP contribution in [0, 0.1) is 5.92 Å². The summed E-state index contributed by atoms with van der Waals surface area (Å²) in [5, 5.41) is 25.9. The van der Waals surface area contributed by atoms with Crippen molar-refractivity contribution in [2.24, 2.45) is 17.4 Å². The van der Waals surface area contributed by atoms with Gasteiger partial charge in [-0.3, -0.25) is 19.2 Å². The number of unbranched alkanes of at least 4 members (excludes halogenated alkanes) is 1.